The molecule has 0 saturated heterocycles. The Morgan fingerprint density at radius 1 is 1.38 bits per heavy atom. The molecule has 0 saturated carbocycles. The van der Waals surface area contributed by atoms with Crippen molar-refractivity contribution in [1.29, 1.82) is 0 Å². The summed E-state index contributed by atoms with van der Waals surface area (Å²) in [6.07, 6.45) is 4.95. The molecule has 1 aromatic heterocycles. The number of fused-ring (bicyclic) bond motifs is 1. The van der Waals surface area contributed by atoms with E-state index in [0.717, 1.165) is 0 Å². The summed E-state index contributed by atoms with van der Waals surface area (Å²) in [6, 6.07) is 2.73. The Morgan fingerprint density at radius 2 is 2.12 bits per heavy atom. The van der Waals surface area contributed by atoms with Crippen LogP contribution in [0, 0.1) is 0 Å². The van der Waals surface area contributed by atoms with E-state index in [1.807, 2.05) is 18.3 Å². The fourth-order valence-electron chi connectivity index (χ4n) is 2.17. The van der Waals surface area contributed by atoms with E-state index in [2.05, 4.69) is 18.3 Å². The minimum atomic E-state index is -0.267. The highest BCUT2D eigenvalue weighted by molar-refractivity contribution is 7.12. The number of aliphatic hydroxyl groups excluding tert-OH is 1. The molecule has 0 amide bonds. The van der Waals surface area contributed by atoms with E-state index in [-0.39, 0.29) is 6.10 Å². The molecule has 2 rings (SSSR count). The van der Waals surface area contributed by atoms with Crippen LogP contribution in [0.15, 0.2) is 6.07 Å². The van der Waals surface area contributed by atoms with Gasteiger partial charge in [0.2, 0.25) is 0 Å². The van der Waals surface area contributed by atoms with Gasteiger partial charge in [0.25, 0.3) is 0 Å². The van der Waals surface area contributed by atoms with Gasteiger partial charge in [-0.15, -0.1) is 11.3 Å². The standard InChI is InChI=1S/C13H21NOS/c1-9(15)8-14-10(2)13-7-11-5-3-4-6-12(11)16-13/h7,9-10,14-15H,3-6,8H2,1-2H3/t9-,10?/m1/s1. The lowest BCUT2D eigenvalue weighted by Gasteiger charge is -2.13. The van der Waals surface area contributed by atoms with Crippen LogP contribution in [0.5, 0.6) is 0 Å². The molecule has 2 N–H and O–H groups in total. The summed E-state index contributed by atoms with van der Waals surface area (Å²) in [4.78, 5) is 3.01. The maximum Gasteiger partial charge on any atom is 0.0636 e. The van der Waals surface area contributed by atoms with Gasteiger partial charge in [0.05, 0.1) is 6.10 Å². The number of thiophene rings is 1. The Balaban J connectivity index is 2.00. The fraction of sp³-hybridized carbons (Fsp3) is 0.692. The lowest BCUT2D eigenvalue weighted by atomic mass is 9.99. The van der Waals surface area contributed by atoms with Gasteiger partial charge in [-0.3, -0.25) is 0 Å². The Morgan fingerprint density at radius 3 is 2.81 bits per heavy atom. The van der Waals surface area contributed by atoms with E-state index in [4.69, 9.17) is 0 Å². The Kier molecular flexibility index (Phi) is 4.00. The highest BCUT2D eigenvalue weighted by Crippen LogP contribution is 2.32. The van der Waals surface area contributed by atoms with Crippen molar-refractivity contribution >= 4 is 11.3 Å². The van der Waals surface area contributed by atoms with Gasteiger partial charge in [-0.05, 0) is 51.2 Å². The first kappa shape index (κ1) is 12.1. The number of hydrogen-bond acceptors (Lipinski definition) is 3. The molecule has 16 heavy (non-hydrogen) atoms. The summed E-state index contributed by atoms with van der Waals surface area (Å²) in [5, 5.41) is 12.6. The van der Waals surface area contributed by atoms with Crippen LogP contribution in [0.25, 0.3) is 0 Å². The molecule has 0 aromatic carbocycles. The van der Waals surface area contributed by atoms with Crippen molar-refractivity contribution in [2.24, 2.45) is 0 Å². The van der Waals surface area contributed by atoms with Gasteiger partial charge < -0.3 is 10.4 Å². The summed E-state index contributed by atoms with van der Waals surface area (Å²) < 4.78 is 0. The van der Waals surface area contributed by atoms with Crippen LogP contribution >= 0.6 is 11.3 Å². The summed E-state index contributed by atoms with van der Waals surface area (Å²) in [5.74, 6) is 0. The van der Waals surface area contributed by atoms with Gasteiger partial charge in [0.1, 0.15) is 0 Å². The average molecular weight is 239 g/mol. The largest absolute Gasteiger partial charge is 0.392 e. The molecule has 3 heteroatoms. The molecule has 0 spiro atoms. The van der Waals surface area contributed by atoms with E-state index in [1.165, 1.54) is 30.6 Å². The zero-order valence-electron chi connectivity index (χ0n) is 10.1. The number of nitrogens with one attached hydrogen (secondary N) is 1. The van der Waals surface area contributed by atoms with Gasteiger partial charge in [-0.1, -0.05) is 0 Å². The molecule has 0 fully saturated rings. The molecule has 1 aromatic rings. The molecule has 1 unspecified atom stereocenters. The first-order chi connectivity index (χ1) is 7.66. The van der Waals surface area contributed by atoms with Crippen molar-refractivity contribution < 1.29 is 5.11 Å². The van der Waals surface area contributed by atoms with Crippen molar-refractivity contribution in [3.05, 3.63) is 21.4 Å². The van der Waals surface area contributed by atoms with Crippen LogP contribution in [0.4, 0.5) is 0 Å². The predicted molar refractivity (Wildman–Crippen MR) is 69.1 cm³/mol. The Bertz CT molecular complexity index is 322. The molecule has 1 aliphatic rings. The molecule has 0 radical (unpaired) electrons. The summed E-state index contributed by atoms with van der Waals surface area (Å²) in [7, 11) is 0. The maximum absolute atomic E-state index is 9.25. The highest BCUT2D eigenvalue weighted by Gasteiger charge is 2.16. The van der Waals surface area contributed by atoms with E-state index in [9.17, 15) is 5.11 Å². The summed E-state index contributed by atoms with van der Waals surface area (Å²) in [6.45, 7) is 4.67. The predicted octanol–water partition coefficient (Wildman–Crippen LogP) is 2.66. The Labute approximate surface area is 102 Å². The molecule has 1 aliphatic carbocycles. The molecule has 2 nitrogen and oxygen atoms in total. The van der Waals surface area contributed by atoms with Crippen LogP contribution in [0.2, 0.25) is 0 Å². The van der Waals surface area contributed by atoms with Gasteiger partial charge >= 0.3 is 0 Å². The molecule has 0 bridgehead atoms. The van der Waals surface area contributed by atoms with Crippen molar-refractivity contribution in [1.82, 2.24) is 5.32 Å². The van der Waals surface area contributed by atoms with Crippen LogP contribution in [0.3, 0.4) is 0 Å². The number of hydrogen-bond donors (Lipinski definition) is 2. The zero-order valence-corrected chi connectivity index (χ0v) is 10.9. The van der Waals surface area contributed by atoms with E-state index >= 15 is 0 Å². The number of aliphatic hydroxyl groups is 1. The third kappa shape index (κ3) is 2.84. The average Bonchev–Trinajstić information content (AvgIpc) is 2.69. The van der Waals surface area contributed by atoms with E-state index in [0.29, 0.717) is 12.6 Å². The van der Waals surface area contributed by atoms with Crippen LogP contribution in [-0.4, -0.2) is 17.8 Å². The molecule has 90 valence electrons. The summed E-state index contributed by atoms with van der Waals surface area (Å²) in [5.41, 5.74) is 1.57. The molecule has 2 atom stereocenters. The lowest BCUT2D eigenvalue weighted by molar-refractivity contribution is 0.187. The van der Waals surface area contributed by atoms with Crippen LogP contribution in [0.1, 0.15) is 48.0 Å². The second-order valence-corrected chi connectivity index (χ2v) is 5.95. The third-order valence-corrected chi connectivity index (χ3v) is 4.58. The van der Waals surface area contributed by atoms with Gasteiger partial charge in [0, 0.05) is 22.3 Å². The Hall–Kier alpha value is -0.380. The smallest absolute Gasteiger partial charge is 0.0636 e. The minimum absolute atomic E-state index is 0.267. The minimum Gasteiger partial charge on any atom is -0.392 e. The third-order valence-electron chi connectivity index (χ3n) is 3.16. The SMILES string of the molecule is CC(NC[C@@H](C)O)c1cc2c(s1)CCCC2. The topological polar surface area (TPSA) is 32.3 Å². The maximum atomic E-state index is 9.25. The molecule has 1 heterocycles. The van der Waals surface area contributed by atoms with Gasteiger partial charge in [-0.2, -0.15) is 0 Å². The zero-order chi connectivity index (χ0) is 11.5. The first-order valence-electron chi connectivity index (χ1n) is 6.19. The number of aryl methyl sites for hydroxylation is 2. The van der Waals surface area contributed by atoms with Crippen molar-refractivity contribution in [2.75, 3.05) is 6.54 Å². The quantitative estimate of drug-likeness (QED) is 0.846. The van der Waals surface area contributed by atoms with Gasteiger partial charge in [-0.25, -0.2) is 0 Å². The lowest BCUT2D eigenvalue weighted by Crippen LogP contribution is -2.26. The fourth-order valence-corrected chi connectivity index (χ4v) is 3.46. The van der Waals surface area contributed by atoms with Crippen LogP contribution in [-0.2, 0) is 12.8 Å². The number of rotatable bonds is 4. The molecule has 0 aliphatic heterocycles. The second kappa shape index (κ2) is 5.30. The molecular weight excluding hydrogens is 218 g/mol. The summed E-state index contributed by atoms with van der Waals surface area (Å²) >= 11 is 1.95. The van der Waals surface area contributed by atoms with Gasteiger partial charge in [0.15, 0.2) is 0 Å². The first-order valence-corrected chi connectivity index (χ1v) is 7.01. The highest BCUT2D eigenvalue weighted by atomic mass is 32.1. The van der Waals surface area contributed by atoms with Crippen LogP contribution < -0.4 is 5.32 Å². The van der Waals surface area contributed by atoms with E-state index < -0.39 is 0 Å². The second-order valence-electron chi connectivity index (χ2n) is 4.78. The van der Waals surface area contributed by atoms with Crippen molar-refractivity contribution in [3.63, 3.8) is 0 Å². The van der Waals surface area contributed by atoms with Crippen molar-refractivity contribution in [3.8, 4) is 0 Å². The monoisotopic (exact) mass is 239 g/mol. The molecular formula is C13H21NOS. The normalized spacial score (nSPS) is 19.2. The van der Waals surface area contributed by atoms with Crippen molar-refractivity contribution in [2.45, 2.75) is 51.7 Å². The van der Waals surface area contributed by atoms with E-state index in [1.54, 1.807) is 10.4 Å².